The van der Waals surface area contributed by atoms with Crippen molar-refractivity contribution in [3.05, 3.63) is 97.8 Å². The van der Waals surface area contributed by atoms with Crippen LogP contribution in [0.25, 0.3) is 0 Å². The van der Waals surface area contributed by atoms with Crippen LogP contribution >= 0.6 is 23.5 Å². The third-order valence-electron chi connectivity index (χ3n) is 10.1. The number of aliphatic hydroxyl groups excluding tert-OH is 1. The van der Waals surface area contributed by atoms with Gasteiger partial charge in [0.25, 0.3) is 16.7 Å². The molecule has 0 aromatic carbocycles. The van der Waals surface area contributed by atoms with Crippen LogP contribution in [0.1, 0.15) is 54.6 Å². The molecule has 0 amide bonds. The van der Waals surface area contributed by atoms with Crippen LogP contribution < -0.4 is 50.1 Å². The number of aromatic amines is 3. The first kappa shape index (κ1) is 42.1. The van der Waals surface area contributed by atoms with Crippen molar-refractivity contribution < 1.29 is 19.3 Å². The number of aliphatic hydroxyl groups is 1. The van der Waals surface area contributed by atoms with E-state index in [4.69, 9.17) is 24.9 Å². The van der Waals surface area contributed by atoms with Crippen LogP contribution in [0.2, 0.25) is 0 Å². The lowest BCUT2D eigenvalue weighted by atomic mass is 10.1. The Morgan fingerprint density at radius 1 is 0.684 bits per heavy atom. The molecule has 310 valence electrons. The normalized spacial score (nSPS) is 27.9. The van der Waals surface area contributed by atoms with Crippen LogP contribution in [0.4, 0.5) is 0 Å². The minimum atomic E-state index is -0.934. The third-order valence-corrected chi connectivity index (χ3v) is 11.4. The standard InChI is InChI=1S/C34H47N11O10S2/c1-15-12-43(32(50)40-27(15)47)24-6-18(21(9-35)53-24)38-30(56-4)36-10-22-19(7-25(54-22)44-13-16(2)28(48)41-33(44)51)39-31(57-5)37-11-23-20(46)8-26(55-23)45-14-17(3)29(49)42-34(45)52/h12-14,18-26,46H,6-11,35H2,1-5H3,(H,36,38)(H,37,39)(H,40,47,50)(H,41,48,51)(H,42,49,52)/t18-,19-,20-,21+,22+,23+,24+,25+,26+/m0/s1. The molecule has 3 aromatic rings. The molecule has 8 N–H and O–H groups in total. The number of nitrogens with one attached hydrogen (secondary N) is 5. The Labute approximate surface area is 332 Å². The van der Waals surface area contributed by atoms with Gasteiger partial charge in [0, 0.05) is 61.1 Å². The minimum absolute atomic E-state index is 0.0500. The van der Waals surface area contributed by atoms with Gasteiger partial charge in [0.15, 0.2) is 10.3 Å². The van der Waals surface area contributed by atoms with Crippen molar-refractivity contribution in [2.45, 2.75) is 95.2 Å². The lowest BCUT2D eigenvalue weighted by Gasteiger charge is -2.22. The Morgan fingerprint density at radius 3 is 1.47 bits per heavy atom. The first-order valence-electron chi connectivity index (χ1n) is 18.2. The molecule has 0 saturated carbocycles. The molecule has 3 aliphatic heterocycles. The number of nitrogens with two attached hydrogens (primary N) is 1. The average molecular weight is 834 g/mol. The van der Waals surface area contributed by atoms with Crippen LogP contribution in [0.5, 0.6) is 0 Å². The molecule has 3 aromatic heterocycles. The average Bonchev–Trinajstić information content (AvgIpc) is 3.88. The fraction of sp³-hybridized carbons (Fsp3) is 0.588. The van der Waals surface area contributed by atoms with Crippen molar-refractivity contribution in [2.75, 3.05) is 32.1 Å². The summed E-state index contributed by atoms with van der Waals surface area (Å²) in [6.45, 7) is 5.11. The van der Waals surface area contributed by atoms with Gasteiger partial charge in [-0.1, -0.05) is 23.5 Å². The highest BCUT2D eigenvalue weighted by Gasteiger charge is 2.40. The number of hydrogen-bond donors (Lipinski definition) is 7. The number of thioether (sulfide) groups is 2. The van der Waals surface area contributed by atoms with Gasteiger partial charge < -0.3 is 35.7 Å². The molecule has 21 nitrogen and oxygen atoms in total. The van der Waals surface area contributed by atoms with Crippen LogP contribution in [0.3, 0.4) is 0 Å². The van der Waals surface area contributed by atoms with Gasteiger partial charge in [-0.05, 0) is 33.3 Å². The van der Waals surface area contributed by atoms with Crippen LogP contribution in [-0.2, 0) is 14.2 Å². The number of aliphatic imine (C=N–C) groups is 2. The lowest BCUT2D eigenvalue weighted by Crippen LogP contribution is -2.44. The molecular weight excluding hydrogens is 787 g/mol. The Hall–Kier alpha value is -4.52. The summed E-state index contributed by atoms with van der Waals surface area (Å²) in [5.74, 6) is 0. The maximum Gasteiger partial charge on any atom is 0.330 e. The van der Waals surface area contributed by atoms with E-state index < -0.39 is 82.9 Å². The van der Waals surface area contributed by atoms with E-state index in [0.29, 0.717) is 39.9 Å². The Morgan fingerprint density at radius 2 is 1.05 bits per heavy atom. The number of aromatic nitrogens is 6. The van der Waals surface area contributed by atoms with Crippen LogP contribution in [-0.4, -0.2) is 113 Å². The molecule has 0 aliphatic carbocycles. The number of hydrogen-bond acceptors (Lipinski definition) is 15. The van der Waals surface area contributed by atoms with Crippen LogP contribution in [0, 0.1) is 20.8 Å². The Balaban J connectivity index is 1.18. The maximum absolute atomic E-state index is 12.9. The van der Waals surface area contributed by atoms with E-state index in [1.165, 1.54) is 55.8 Å². The van der Waals surface area contributed by atoms with E-state index in [2.05, 4.69) is 30.6 Å². The minimum Gasteiger partial charge on any atom is -0.390 e. The molecular formula is C34H47N11O10S2. The van der Waals surface area contributed by atoms with Gasteiger partial charge >= 0.3 is 17.1 Å². The Kier molecular flexibility index (Phi) is 13.3. The molecule has 0 bridgehead atoms. The van der Waals surface area contributed by atoms with Crippen molar-refractivity contribution in [1.29, 1.82) is 0 Å². The molecule has 3 fully saturated rings. The second-order valence-electron chi connectivity index (χ2n) is 14.0. The number of ether oxygens (including phenoxy) is 3. The zero-order valence-electron chi connectivity index (χ0n) is 31.9. The molecule has 0 spiro atoms. The van der Waals surface area contributed by atoms with Gasteiger partial charge in [0.05, 0.1) is 43.5 Å². The second kappa shape index (κ2) is 18.0. The van der Waals surface area contributed by atoms with E-state index in [1.54, 1.807) is 20.8 Å². The summed E-state index contributed by atoms with van der Waals surface area (Å²) in [5.41, 5.74) is 3.78. The fourth-order valence-corrected chi connectivity index (χ4v) is 7.89. The highest BCUT2D eigenvalue weighted by molar-refractivity contribution is 8.13. The highest BCUT2D eigenvalue weighted by Crippen LogP contribution is 2.31. The van der Waals surface area contributed by atoms with Gasteiger partial charge in [-0.2, -0.15) is 0 Å². The third kappa shape index (κ3) is 9.45. The molecule has 3 aliphatic rings. The van der Waals surface area contributed by atoms with Crippen molar-refractivity contribution in [3.63, 3.8) is 0 Å². The van der Waals surface area contributed by atoms with Crippen molar-refractivity contribution in [2.24, 2.45) is 15.7 Å². The van der Waals surface area contributed by atoms with Crippen molar-refractivity contribution in [1.82, 2.24) is 39.3 Å². The molecule has 0 unspecified atom stereocenters. The van der Waals surface area contributed by atoms with Crippen molar-refractivity contribution in [3.8, 4) is 0 Å². The van der Waals surface area contributed by atoms with E-state index in [0.717, 1.165) is 0 Å². The highest BCUT2D eigenvalue weighted by atomic mass is 32.2. The van der Waals surface area contributed by atoms with Gasteiger partial charge in [0.1, 0.15) is 24.8 Å². The maximum atomic E-state index is 12.9. The summed E-state index contributed by atoms with van der Waals surface area (Å²) in [6.07, 6.45) is 3.81. The van der Waals surface area contributed by atoms with E-state index >= 15 is 0 Å². The summed E-state index contributed by atoms with van der Waals surface area (Å²) >= 11 is 2.67. The van der Waals surface area contributed by atoms with Gasteiger partial charge in [-0.15, -0.1) is 0 Å². The monoisotopic (exact) mass is 833 g/mol. The predicted molar refractivity (Wildman–Crippen MR) is 214 cm³/mol. The Bertz CT molecular complexity index is 2370. The fourth-order valence-electron chi connectivity index (χ4n) is 6.95. The number of H-pyrrole nitrogens is 3. The van der Waals surface area contributed by atoms with Gasteiger partial charge in [-0.25, -0.2) is 14.4 Å². The smallest absolute Gasteiger partial charge is 0.330 e. The number of amidine groups is 2. The summed E-state index contributed by atoms with van der Waals surface area (Å²) in [4.78, 5) is 90.3. The summed E-state index contributed by atoms with van der Waals surface area (Å²) in [7, 11) is 0. The molecule has 23 heteroatoms. The molecule has 3 saturated heterocycles. The van der Waals surface area contributed by atoms with Crippen LogP contribution in [0.15, 0.2) is 57.3 Å². The molecule has 6 heterocycles. The van der Waals surface area contributed by atoms with E-state index in [-0.39, 0.29) is 32.1 Å². The molecule has 0 radical (unpaired) electrons. The number of nitrogens with zero attached hydrogens (tertiary/aromatic N) is 5. The van der Waals surface area contributed by atoms with Gasteiger partial charge in [0.2, 0.25) is 0 Å². The zero-order valence-corrected chi connectivity index (χ0v) is 33.6. The summed E-state index contributed by atoms with van der Waals surface area (Å²) in [6, 6.07) is -0.752. The molecule has 57 heavy (non-hydrogen) atoms. The van der Waals surface area contributed by atoms with E-state index in [1.807, 2.05) is 12.5 Å². The predicted octanol–water partition coefficient (Wildman–Crippen LogP) is -1.90. The topological polar surface area (TPSA) is 287 Å². The SMILES string of the molecule is CSC(=NC[C@H]1O[C@@H](n2cc(C)c(=O)[nH]c2=O)C[C@@H]1NC(=NC[C@H]1O[C@@H](n2cc(C)c(=O)[nH]c2=O)C[C@@H]1O)SC)N[C@H]1C[C@H](n2cc(C)c(=O)[nH]c2=O)O[C@@H]1CN. The number of aryl methyl sites for hydroxylation is 3. The molecule has 6 rings (SSSR count). The van der Waals surface area contributed by atoms with Crippen molar-refractivity contribution >= 4 is 33.9 Å². The van der Waals surface area contributed by atoms with Gasteiger partial charge in [-0.3, -0.25) is 53.0 Å². The summed E-state index contributed by atoms with van der Waals surface area (Å²) < 4.78 is 22.5. The second-order valence-corrected chi connectivity index (χ2v) is 15.6. The molecule has 9 atom stereocenters. The lowest BCUT2D eigenvalue weighted by molar-refractivity contribution is -0.0149. The largest absolute Gasteiger partial charge is 0.390 e. The first-order chi connectivity index (χ1) is 27.2. The first-order valence-corrected chi connectivity index (χ1v) is 20.6. The quantitative estimate of drug-likeness (QED) is 0.0868. The summed E-state index contributed by atoms with van der Waals surface area (Å²) in [5, 5.41) is 18.7. The zero-order chi connectivity index (χ0) is 41.1. The number of rotatable bonds is 10. The van der Waals surface area contributed by atoms with E-state index in [9.17, 15) is 33.9 Å².